The number of hydrogen-bond acceptors (Lipinski definition) is 10. The molecule has 6 aromatic rings. The van der Waals surface area contributed by atoms with Crippen molar-refractivity contribution in [2.24, 2.45) is 0 Å². The van der Waals surface area contributed by atoms with Crippen LogP contribution in [0.25, 0.3) is 11.2 Å². The van der Waals surface area contributed by atoms with Crippen molar-refractivity contribution >= 4 is 41.0 Å². The van der Waals surface area contributed by atoms with Crippen molar-refractivity contribution < 1.29 is 32.8 Å². The molecule has 0 radical (unpaired) electrons. The fourth-order valence-electron chi connectivity index (χ4n) is 6.60. The summed E-state index contributed by atoms with van der Waals surface area (Å²) < 4.78 is 47.6. The van der Waals surface area contributed by atoms with Gasteiger partial charge < -0.3 is 24.3 Å². The topological polar surface area (TPSA) is 139 Å². The molecular formula is C40H40ClN6O7P. The zero-order valence-electron chi connectivity index (χ0n) is 30.6. The van der Waals surface area contributed by atoms with Gasteiger partial charge in [0.05, 0.1) is 27.2 Å². The van der Waals surface area contributed by atoms with Crippen LogP contribution in [0.1, 0.15) is 39.7 Å². The number of aromatic nitrogens is 4. The first kappa shape index (κ1) is 38.1. The van der Waals surface area contributed by atoms with E-state index in [0.29, 0.717) is 28.2 Å². The second-order valence-corrected chi connectivity index (χ2v) is 16.2. The van der Waals surface area contributed by atoms with E-state index in [1.807, 2.05) is 84.9 Å². The average molecular weight is 783 g/mol. The molecule has 13 nitrogen and oxygen atoms in total. The Morgan fingerprint density at radius 3 is 2.04 bits per heavy atom. The van der Waals surface area contributed by atoms with E-state index in [1.54, 1.807) is 63.5 Å². The standard InChI is InChI=1S/C40H40ClN6O7P/c1-46(2)55(41,49)54-33-23-35(47-26-44-36-37(42-25-43-38(36)47)45-39(48)27-11-7-5-8-12-27)53-34(33)24-52-40(28-13-9-6-10-14-28,29-15-19-31(50-3)20-16-29)30-17-21-32(51-4)22-18-30/h5-22,25-26,33-35H,23-24H2,1-4H3,(H,42,43,45,48)/t33-,34+,35+,55?/m0/s1. The molecule has 1 N–H and O–H groups in total. The van der Waals surface area contributed by atoms with E-state index in [4.69, 9.17) is 34.7 Å². The number of hydrogen-bond donors (Lipinski definition) is 1. The number of imidazole rings is 1. The van der Waals surface area contributed by atoms with Crippen molar-refractivity contribution in [3.63, 3.8) is 0 Å². The number of amides is 1. The molecule has 4 atom stereocenters. The summed E-state index contributed by atoms with van der Waals surface area (Å²) >= 11 is 6.50. The Balaban J connectivity index is 1.25. The summed E-state index contributed by atoms with van der Waals surface area (Å²) in [6, 6.07) is 34.1. The van der Waals surface area contributed by atoms with Gasteiger partial charge in [-0.25, -0.2) is 19.6 Å². The number of carbonyl (C=O) groups is 1. The molecule has 1 unspecified atom stereocenters. The van der Waals surface area contributed by atoms with E-state index in [2.05, 4.69) is 20.3 Å². The molecule has 0 saturated carbocycles. The Kier molecular flexibility index (Phi) is 11.3. The minimum absolute atomic E-state index is 0.0154. The molecule has 1 fully saturated rings. The smallest absolute Gasteiger partial charge is 0.362 e. The molecule has 1 saturated heterocycles. The molecule has 1 amide bonds. The summed E-state index contributed by atoms with van der Waals surface area (Å²) in [5, 5.41) is 2.84. The van der Waals surface area contributed by atoms with Gasteiger partial charge in [-0.2, -0.15) is 0 Å². The summed E-state index contributed by atoms with van der Waals surface area (Å²) in [6.07, 6.45) is 0.895. The largest absolute Gasteiger partial charge is 0.497 e. The van der Waals surface area contributed by atoms with Gasteiger partial charge in [0.2, 0.25) is 0 Å². The zero-order valence-corrected chi connectivity index (χ0v) is 32.3. The summed E-state index contributed by atoms with van der Waals surface area (Å²) in [7, 11) is 6.42. The molecule has 284 valence electrons. The third-order valence-corrected chi connectivity index (χ3v) is 12.1. The summed E-state index contributed by atoms with van der Waals surface area (Å²) in [6.45, 7) is -3.78. The fourth-order valence-corrected chi connectivity index (χ4v) is 7.65. The van der Waals surface area contributed by atoms with Crippen molar-refractivity contribution in [2.75, 3.05) is 40.2 Å². The van der Waals surface area contributed by atoms with Gasteiger partial charge in [0.15, 0.2) is 17.0 Å². The number of halogens is 1. The van der Waals surface area contributed by atoms with Gasteiger partial charge >= 0.3 is 6.87 Å². The highest BCUT2D eigenvalue weighted by atomic mass is 35.7. The van der Waals surface area contributed by atoms with Gasteiger partial charge in [0.25, 0.3) is 5.91 Å². The highest BCUT2D eigenvalue weighted by Gasteiger charge is 2.45. The molecule has 15 heteroatoms. The van der Waals surface area contributed by atoms with Crippen molar-refractivity contribution in [3.8, 4) is 11.5 Å². The minimum atomic E-state index is -3.77. The van der Waals surface area contributed by atoms with Crippen LogP contribution in [0.5, 0.6) is 11.5 Å². The van der Waals surface area contributed by atoms with Crippen LogP contribution in [0.3, 0.4) is 0 Å². The van der Waals surface area contributed by atoms with E-state index in [1.165, 1.54) is 11.0 Å². The number of nitrogens with zero attached hydrogens (tertiary/aromatic N) is 5. The first-order chi connectivity index (χ1) is 26.6. The lowest BCUT2D eigenvalue weighted by molar-refractivity contribution is -0.0902. The van der Waals surface area contributed by atoms with Gasteiger partial charge in [-0.15, -0.1) is 0 Å². The maximum absolute atomic E-state index is 13.5. The Morgan fingerprint density at radius 1 is 0.873 bits per heavy atom. The lowest BCUT2D eigenvalue weighted by Crippen LogP contribution is -2.38. The zero-order chi connectivity index (χ0) is 38.6. The lowest BCUT2D eigenvalue weighted by Gasteiger charge is -2.37. The molecule has 7 rings (SSSR count). The highest BCUT2D eigenvalue weighted by molar-refractivity contribution is 7.83. The molecule has 0 aliphatic carbocycles. The van der Waals surface area contributed by atoms with Gasteiger partial charge in [0, 0.05) is 12.0 Å². The molecule has 0 bridgehead atoms. The Morgan fingerprint density at radius 2 is 1.45 bits per heavy atom. The number of fused-ring (bicyclic) bond motifs is 1. The Labute approximate surface area is 323 Å². The van der Waals surface area contributed by atoms with Crippen molar-refractivity contribution in [1.82, 2.24) is 24.2 Å². The second-order valence-electron chi connectivity index (χ2n) is 13.0. The molecule has 55 heavy (non-hydrogen) atoms. The number of methoxy groups -OCH3 is 2. The van der Waals surface area contributed by atoms with Crippen LogP contribution in [-0.4, -0.2) is 77.2 Å². The Bertz CT molecular complexity index is 2230. The van der Waals surface area contributed by atoms with E-state index >= 15 is 0 Å². The second kappa shape index (κ2) is 16.3. The predicted molar refractivity (Wildman–Crippen MR) is 209 cm³/mol. The van der Waals surface area contributed by atoms with Crippen molar-refractivity contribution in [3.05, 3.63) is 144 Å². The third kappa shape index (κ3) is 7.86. The monoisotopic (exact) mass is 782 g/mol. The molecule has 1 aliphatic heterocycles. The van der Waals surface area contributed by atoms with Gasteiger partial charge in [0.1, 0.15) is 41.9 Å². The van der Waals surface area contributed by atoms with E-state index in [-0.39, 0.29) is 24.8 Å². The minimum Gasteiger partial charge on any atom is -0.497 e. The highest BCUT2D eigenvalue weighted by Crippen LogP contribution is 2.57. The molecule has 0 spiro atoms. The number of carbonyl (C=O) groups excluding carboxylic acids is 1. The molecule has 3 heterocycles. The first-order valence-corrected chi connectivity index (χ1v) is 19.9. The van der Waals surface area contributed by atoms with Crippen LogP contribution in [0, 0.1) is 0 Å². The lowest BCUT2D eigenvalue weighted by atomic mass is 9.80. The summed E-state index contributed by atoms with van der Waals surface area (Å²) in [5.74, 6) is 1.29. The Hall–Kier alpha value is -5.14. The number of ether oxygens (including phenoxy) is 4. The summed E-state index contributed by atoms with van der Waals surface area (Å²) in [4.78, 5) is 26.3. The normalized spacial score (nSPS) is 18.3. The van der Waals surface area contributed by atoms with Crippen LogP contribution >= 0.6 is 18.1 Å². The van der Waals surface area contributed by atoms with Gasteiger partial charge in [-0.1, -0.05) is 72.8 Å². The molecular weight excluding hydrogens is 743 g/mol. The number of anilines is 1. The van der Waals surface area contributed by atoms with Crippen molar-refractivity contribution in [2.45, 2.75) is 30.5 Å². The van der Waals surface area contributed by atoms with Crippen LogP contribution < -0.4 is 14.8 Å². The van der Waals surface area contributed by atoms with E-state index in [0.717, 1.165) is 16.7 Å². The maximum atomic E-state index is 13.5. The maximum Gasteiger partial charge on any atom is 0.362 e. The fraction of sp³-hybridized carbons (Fsp3) is 0.250. The van der Waals surface area contributed by atoms with Crippen LogP contribution in [0.2, 0.25) is 0 Å². The predicted octanol–water partition coefficient (Wildman–Crippen LogP) is 7.69. The van der Waals surface area contributed by atoms with Crippen LogP contribution in [0.4, 0.5) is 5.82 Å². The van der Waals surface area contributed by atoms with Crippen LogP contribution in [-0.2, 0) is 24.2 Å². The van der Waals surface area contributed by atoms with Gasteiger partial charge in [-0.05, 0) is 78.4 Å². The number of rotatable bonds is 14. The molecule has 4 aromatic carbocycles. The average Bonchev–Trinajstić information content (AvgIpc) is 3.83. The molecule has 1 aliphatic rings. The van der Waals surface area contributed by atoms with Crippen LogP contribution in [0.15, 0.2) is 122 Å². The quantitative estimate of drug-likeness (QED) is 0.0860. The number of nitrogens with one attached hydrogen (secondary N) is 1. The van der Waals surface area contributed by atoms with E-state index < -0.39 is 30.9 Å². The third-order valence-electron chi connectivity index (χ3n) is 9.50. The SMILES string of the molecule is COc1ccc(C(OC[C@H]2O[C@@H](n3cnc4c(NC(=O)c5ccccc5)ncnc43)C[C@@H]2OP(=O)(Cl)N(C)C)(c2ccccc2)c2ccc(OC)cc2)cc1. The van der Waals surface area contributed by atoms with E-state index in [9.17, 15) is 9.36 Å². The van der Waals surface area contributed by atoms with Crippen molar-refractivity contribution in [1.29, 1.82) is 0 Å². The number of benzene rings is 4. The summed E-state index contributed by atoms with van der Waals surface area (Å²) in [5.41, 5.74) is 2.62. The van der Waals surface area contributed by atoms with Gasteiger partial charge in [-0.3, -0.25) is 18.5 Å². The first-order valence-electron chi connectivity index (χ1n) is 17.5. The molecule has 2 aromatic heterocycles.